The Morgan fingerprint density at radius 1 is 1.33 bits per heavy atom. The van der Waals surface area contributed by atoms with Crippen LogP contribution in [0.5, 0.6) is 0 Å². The van der Waals surface area contributed by atoms with Gasteiger partial charge in [0.15, 0.2) is 0 Å². The smallest absolute Gasteiger partial charge is 0.225 e. The molecule has 2 heterocycles. The molecule has 0 aliphatic carbocycles. The number of benzene rings is 1. The number of hydrogen-bond donors (Lipinski definition) is 2. The maximum Gasteiger partial charge on any atom is 0.225 e. The van der Waals surface area contributed by atoms with Gasteiger partial charge in [-0.1, -0.05) is 30.3 Å². The summed E-state index contributed by atoms with van der Waals surface area (Å²) in [6.45, 7) is 5.67. The molecule has 1 aromatic rings. The minimum atomic E-state index is -0.273. The van der Waals surface area contributed by atoms with Crippen molar-refractivity contribution in [1.82, 2.24) is 15.5 Å². The topological polar surface area (TPSA) is 70.7 Å². The van der Waals surface area contributed by atoms with E-state index >= 15 is 0 Å². The number of likely N-dealkylation sites (tertiary alicyclic amines) is 1. The number of piperidine rings is 1. The second kappa shape index (κ2) is 8.85. The van der Waals surface area contributed by atoms with Crippen LogP contribution >= 0.6 is 0 Å². The fourth-order valence-electron chi connectivity index (χ4n) is 4.25. The fraction of sp³-hybridized carbons (Fsp3) is 0.619. The maximum atomic E-state index is 12.7. The molecule has 2 aliphatic rings. The van der Waals surface area contributed by atoms with E-state index in [1.807, 2.05) is 42.2 Å². The van der Waals surface area contributed by atoms with Crippen LogP contribution < -0.4 is 10.6 Å². The van der Waals surface area contributed by atoms with Crippen molar-refractivity contribution in [2.24, 2.45) is 11.3 Å². The van der Waals surface area contributed by atoms with Crippen molar-refractivity contribution in [3.05, 3.63) is 35.9 Å². The molecule has 3 rings (SSSR count). The molecule has 27 heavy (non-hydrogen) atoms. The lowest BCUT2D eigenvalue weighted by Crippen LogP contribution is -2.48. The van der Waals surface area contributed by atoms with Crippen LogP contribution in [0.2, 0.25) is 0 Å². The number of amides is 2. The molecule has 6 nitrogen and oxygen atoms in total. The normalized spacial score (nSPS) is 23.3. The van der Waals surface area contributed by atoms with E-state index in [4.69, 9.17) is 4.74 Å². The van der Waals surface area contributed by atoms with Crippen molar-refractivity contribution in [1.29, 1.82) is 0 Å². The molecule has 0 aromatic heterocycles. The molecule has 2 saturated heterocycles. The second-order valence-electron chi connectivity index (χ2n) is 7.93. The zero-order valence-electron chi connectivity index (χ0n) is 16.4. The van der Waals surface area contributed by atoms with E-state index in [9.17, 15) is 9.59 Å². The molecule has 0 radical (unpaired) electrons. The summed E-state index contributed by atoms with van der Waals surface area (Å²) in [6.07, 6.45) is 2.27. The average molecular weight is 373 g/mol. The lowest BCUT2D eigenvalue weighted by molar-refractivity contribution is -0.130. The summed E-state index contributed by atoms with van der Waals surface area (Å²) in [5, 5.41) is 6.47. The van der Waals surface area contributed by atoms with Crippen LogP contribution in [0.15, 0.2) is 30.3 Å². The van der Waals surface area contributed by atoms with Crippen LogP contribution in [0.4, 0.5) is 0 Å². The number of hydrogen-bond acceptors (Lipinski definition) is 4. The van der Waals surface area contributed by atoms with Gasteiger partial charge in [0.05, 0.1) is 18.6 Å². The van der Waals surface area contributed by atoms with Gasteiger partial charge >= 0.3 is 0 Å². The van der Waals surface area contributed by atoms with Crippen molar-refractivity contribution in [2.75, 3.05) is 39.9 Å². The van der Waals surface area contributed by atoms with Gasteiger partial charge in [-0.25, -0.2) is 0 Å². The number of nitrogens with one attached hydrogen (secondary N) is 2. The van der Waals surface area contributed by atoms with Gasteiger partial charge in [-0.15, -0.1) is 0 Å². The standard InChI is InChI=1S/C21H31N3O3/c1-16(17-6-4-3-5-7-17)24-13-18(12-19(24)25)20(26)23-14-21(15-27-2)8-10-22-11-9-21/h3-7,16,18,22H,8-15H2,1-2H3,(H,23,26). The molecule has 0 saturated carbocycles. The predicted molar refractivity (Wildman–Crippen MR) is 104 cm³/mol. The number of methoxy groups -OCH3 is 1. The summed E-state index contributed by atoms with van der Waals surface area (Å²) < 4.78 is 5.42. The minimum Gasteiger partial charge on any atom is -0.384 e. The highest BCUT2D eigenvalue weighted by molar-refractivity contribution is 5.89. The third-order valence-corrected chi connectivity index (χ3v) is 6.03. The van der Waals surface area contributed by atoms with Crippen LogP contribution in [-0.2, 0) is 14.3 Å². The van der Waals surface area contributed by atoms with Crippen molar-refractivity contribution in [3.8, 4) is 0 Å². The van der Waals surface area contributed by atoms with E-state index in [2.05, 4.69) is 10.6 Å². The van der Waals surface area contributed by atoms with E-state index < -0.39 is 0 Å². The van der Waals surface area contributed by atoms with Crippen molar-refractivity contribution < 1.29 is 14.3 Å². The Hall–Kier alpha value is -1.92. The van der Waals surface area contributed by atoms with Crippen molar-refractivity contribution in [3.63, 3.8) is 0 Å². The van der Waals surface area contributed by atoms with Gasteiger partial charge in [0.25, 0.3) is 0 Å². The Kier molecular flexibility index (Phi) is 6.50. The number of rotatable bonds is 7. The van der Waals surface area contributed by atoms with E-state index in [0.717, 1.165) is 31.5 Å². The molecule has 2 amide bonds. The first-order valence-corrected chi connectivity index (χ1v) is 9.86. The summed E-state index contributed by atoms with van der Waals surface area (Å²) in [6, 6.07) is 9.96. The maximum absolute atomic E-state index is 12.7. The van der Waals surface area contributed by atoms with Gasteiger partial charge in [0.2, 0.25) is 11.8 Å². The van der Waals surface area contributed by atoms with Gasteiger partial charge in [-0.3, -0.25) is 9.59 Å². The number of nitrogens with zero attached hydrogens (tertiary/aromatic N) is 1. The zero-order valence-corrected chi connectivity index (χ0v) is 16.4. The highest BCUT2D eigenvalue weighted by Gasteiger charge is 2.38. The van der Waals surface area contributed by atoms with E-state index in [1.165, 1.54) is 0 Å². The highest BCUT2D eigenvalue weighted by Crippen LogP contribution is 2.30. The first-order valence-electron chi connectivity index (χ1n) is 9.86. The number of ether oxygens (including phenoxy) is 1. The van der Waals surface area contributed by atoms with E-state index in [-0.39, 0.29) is 29.2 Å². The quantitative estimate of drug-likeness (QED) is 0.764. The van der Waals surface area contributed by atoms with Crippen LogP contribution in [-0.4, -0.2) is 56.6 Å². The first-order chi connectivity index (χ1) is 13.0. The fourth-order valence-corrected chi connectivity index (χ4v) is 4.25. The van der Waals surface area contributed by atoms with Gasteiger partial charge in [-0.05, 0) is 38.4 Å². The first kappa shape index (κ1) is 19.8. The molecular weight excluding hydrogens is 342 g/mol. The van der Waals surface area contributed by atoms with Crippen LogP contribution in [0, 0.1) is 11.3 Å². The molecule has 0 spiro atoms. The Morgan fingerprint density at radius 2 is 2.04 bits per heavy atom. The van der Waals surface area contributed by atoms with Gasteiger partial charge in [-0.2, -0.15) is 0 Å². The molecule has 148 valence electrons. The Morgan fingerprint density at radius 3 is 2.70 bits per heavy atom. The Bertz CT molecular complexity index is 638. The number of carbonyl (C=O) groups is 2. The summed E-state index contributed by atoms with van der Waals surface area (Å²) in [4.78, 5) is 27.1. The van der Waals surface area contributed by atoms with Gasteiger partial charge in [0.1, 0.15) is 0 Å². The predicted octanol–water partition coefficient (Wildman–Crippen LogP) is 1.73. The van der Waals surface area contributed by atoms with Crippen LogP contribution in [0.3, 0.4) is 0 Å². The molecular formula is C21H31N3O3. The third-order valence-electron chi connectivity index (χ3n) is 6.03. The third kappa shape index (κ3) is 4.68. The van der Waals surface area contributed by atoms with Gasteiger partial charge in [0, 0.05) is 32.0 Å². The SMILES string of the molecule is COCC1(CNC(=O)C2CC(=O)N(C(C)c3ccccc3)C2)CCNCC1. The van der Waals surface area contributed by atoms with Crippen LogP contribution in [0.1, 0.15) is 37.8 Å². The molecule has 0 bridgehead atoms. The van der Waals surface area contributed by atoms with Crippen molar-refractivity contribution in [2.45, 2.75) is 32.2 Å². The summed E-state index contributed by atoms with van der Waals surface area (Å²) >= 11 is 0. The average Bonchev–Trinajstić information content (AvgIpc) is 3.09. The molecule has 2 N–H and O–H groups in total. The van der Waals surface area contributed by atoms with E-state index in [1.54, 1.807) is 7.11 Å². The number of carbonyl (C=O) groups excluding carboxylic acids is 2. The lowest BCUT2D eigenvalue weighted by atomic mass is 9.79. The highest BCUT2D eigenvalue weighted by atomic mass is 16.5. The molecule has 6 heteroatoms. The molecule has 2 aliphatic heterocycles. The van der Waals surface area contributed by atoms with Crippen molar-refractivity contribution >= 4 is 11.8 Å². The largest absolute Gasteiger partial charge is 0.384 e. The summed E-state index contributed by atoms with van der Waals surface area (Å²) in [5.41, 5.74) is 1.09. The summed E-state index contributed by atoms with van der Waals surface area (Å²) in [5.74, 6) is -0.231. The summed E-state index contributed by atoms with van der Waals surface area (Å²) in [7, 11) is 1.71. The Labute approximate surface area is 161 Å². The monoisotopic (exact) mass is 373 g/mol. The van der Waals surface area contributed by atoms with E-state index in [0.29, 0.717) is 26.1 Å². The zero-order chi connectivity index (χ0) is 19.3. The molecule has 1 aromatic carbocycles. The Balaban J connectivity index is 1.57. The lowest BCUT2D eigenvalue weighted by Gasteiger charge is -2.37. The molecule has 2 atom stereocenters. The minimum absolute atomic E-state index is 0.00467. The van der Waals surface area contributed by atoms with Crippen LogP contribution in [0.25, 0.3) is 0 Å². The molecule has 2 fully saturated rings. The molecule has 2 unspecified atom stereocenters. The van der Waals surface area contributed by atoms with Gasteiger partial charge < -0.3 is 20.3 Å². The second-order valence-corrected chi connectivity index (χ2v) is 7.93.